The van der Waals surface area contributed by atoms with Crippen LogP contribution in [0.4, 0.5) is 11.7 Å². The van der Waals surface area contributed by atoms with Gasteiger partial charge in [-0.2, -0.15) is 4.98 Å². The van der Waals surface area contributed by atoms with Crippen LogP contribution in [-0.4, -0.2) is 42.8 Å². The molecule has 3 aromatic rings. The Kier molecular flexibility index (Phi) is 4.86. The third kappa shape index (κ3) is 3.40. The first-order valence-corrected chi connectivity index (χ1v) is 10.4. The van der Waals surface area contributed by atoms with E-state index in [0.717, 1.165) is 55.9 Å². The number of piperidine rings is 1. The molecule has 2 aliphatic heterocycles. The average Bonchev–Trinajstić information content (AvgIpc) is 3.47. The fourth-order valence-corrected chi connectivity index (χ4v) is 4.31. The first kappa shape index (κ1) is 18.7. The van der Waals surface area contributed by atoms with Crippen molar-refractivity contribution in [3.63, 3.8) is 0 Å². The number of carbonyl (C=O) groups is 1. The lowest BCUT2D eigenvalue weighted by atomic mass is 9.95. The van der Waals surface area contributed by atoms with Gasteiger partial charge in [0.25, 0.3) is 0 Å². The van der Waals surface area contributed by atoms with Crippen molar-refractivity contribution in [3.05, 3.63) is 54.1 Å². The van der Waals surface area contributed by atoms with Crippen LogP contribution >= 0.6 is 0 Å². The van der Waals surface area contributed by atoms with Gasteiger partial charge in [0.1, 0.15) is 5.75 Å². The number of para-hydroxylation sites is 1. The highest BCUT2D eigenvalue weighted by Crippen LogP contribution is 2.32. The van der Waals surface area contributed by atoms with Crippen LogP contribution in [-0.2, 0) is 11.2 Å². The molecule has 5 rings (SSSR count). The summed E-state index contributed by atoms with van der Waals surface area (Å²) in [5, 5.41) is 4.12. The summed E-state index contributed by atoms with van der Waals surface area (Å²) in [5.74, 6) is 1.62. The molecule has 1 saturated heterocycles. The van der Waals surface area contributed by atoms with Gasteiger partial charge >= 0.3 is 6.01 Å². The topological polar surface area (TPSA) is 71.7 Å². The number of rotatable bonds is 4. The van der Waals surface area contributed by atoms with E-state index >= 15 is 0 Å². The Morgan fingerprint density at radius 3 is 2.60 bits per heavy atom. The molecule has 0 N–H and O–H groups in total. The number of ether oxygens (including phenoxy) is 1. The minimum atomic E-state index is 0.0383. The molecule has 0 saturated carbocycles. The van der Waals surface area contributed by atoms with Gasteiger partial charge in [0, 0.05) is 36.8 Å². The number of hydrogen-bond acceptors (Lipinski definition) is 6. The summed E-state index contributed by atoms with van der Waals surface area (Å²) >= 11 is 0. The van der Waals surface area contributed by atoms with Gasteiger partial charge in [0.05, 0.1) is 7.11 Å². The van der Waals surface area contributed by atoms with Gasteiger partial charge in [-0.05, 0) is 55.2 Å². The second kappa shape index (κ2) is 7.82. The quantitative estimate of drug-likeness (QED) is 0.662. The molecular weight excluding hydrogens is 380 g/mol. The molecule has 0 radical (unpaired) electrons. The molecule has 30 heavy (non-hydrogen) atoms. The van der Waals surface area contributed by atoms with Gasteiger partial charge in [-0.1, -0.05) is 23.4 Å². The van der Waals surface area contributed by atoms with E-state index in [0.29, 0.717) is 11.8 Å². The fourth-order valence-electron chi connectivity index (χ4n) is 4.31. The van der Waals surface area contributed by atoms with Gasteiger partial charge in [-0.25, -0.2) is 0 Å². The number of nitrogens with zero attached hydrogens (tertiary/aromatic N) is 4. The average molecular weight is 404 g/mol. The molecule has 1 fully saturated rings. The Hall–Kier alpha value is -3.35. The molecule has 2 aromatic carbocycles. The largest absolute Gasteiger partial charge is 0.497 e. The summed E-state index contributed by atoms with van der Waals surface area (Å²) in [6, 6.07) is 16.3. The standard InChI is InChI=1S/C23H24N4O3/c1-29-19-8-6-17(7-9-19)21-24-23(30-25-21)26-13-10-18(11-14-26)22(28)27-15-12-16-4-2-3-5-20(16)27/h2-9,18H,10-15H2,1H3. The van der Waals surface area contributed by atoms with Crippen molar-refractivity contribution in [2.45, 2.75) is 19.3 Å². The van der Waals surface area contributed by atoms with Crippen LogP contribution < -0.4 is 14.5 Å². The summed E-state index contributed by atoms with van der Waals surface area (Å²) in [7, 11) is 1.64. The highest BCUT2D eigenvalue weighted by molar-refractivity contribution is 5.97. The molecule has 154 valence electrons. The van der Waals surface area contributed by atoms with Crippen LogP contribution in [0.2, 0.25) is 0 Å². The Bertz CT molecular complexity index is 1040. The lowest BCUT2D eigenvalue weighted by molar-refractivity contribution is -0.122. The van der Waals surface area contributed by atoms with Crippen molar-refractivity contribution < 1.29 is 14.1 Å². The second-order valence-corrected chi connectivity index (χ2v) is 7.76. The molecular formula is C23H24N4O3. The Morgan fingerprint density at radius 2 is 1.83 bits per heavy atom. The molecule has 0 aliphatic carbocycles. The van der Waals surface area contributed by atoms with E-state index in [1.807, 2.05) is 41.3 Å². The minimum Gasteiger partial charge on any atom is -0.497 e. The maximum atomic E-state index is 13.1. The van der Waals surface area contributed by atoms with Crippen LogP contribution in [0.3, 0.4) is 0 Å². The van der Waals surface area contributed by atoms with Crippen LogP contribution in [0.25, 0.3) is 11.4 Å². The number of anilines is 2. The highest BCUT2D eigenvalue weighted by atomic mass is 16.5. The predicted octanol–water partition coefficient (Wildman–Crippen LogP) is 3.55. The Labute approximate surface area is 175 Å². The first-order valence-electron chi connectivity index (χ1n) is 10.4. The van der Waals surface area contributed by atoms with E-state index in [4.69, 9.17) is 9.26 Å². The molecule has 0 unspecified atom stereocenters. The van der Waals surface area contributed by atoms with Crippen LogP contribution in [0.15, 0.2) is 53.1 Å². The van der Waals surface area contributed by atoms with Crippen LogP contribution in [0, 0.1) is 5.92 Å². The Morgan fingerprint density at radius 1 is 1.07 bits per heavy atom. The van der Waals surface area contributed by atoms with E-state index in [1.165, 1.54) is 5.56 Å². The van der Waals surface area contributed by atoms with Gasteiger partial charge in [0.15, 0.2) is 0 Å². The molecule has 0 spiro atoms. The number of benzene rings is 2. The van der Waals surface area contributed by atoms with Crippen molar-refractivity contribution in [2.75, 3.05) is 36.5 Å². The number of carbonyl (C=O) groups excluding carboxylic acids is 1. The van der Waals surface area contributed by atoms with Gasteiger partial charge in [0.2, 0.25) is 11.7 Å². The third-order valence-corrected chi connectivity index (χ3v) is 6.03. The molecule has 2 aliphatic rings. The van der Waals surface area contributed by atoms with E-state index in [2.05, 4.69) is 27.2 Å². The molecule has 0 bridgehead atoms. The van der Waals surface area contributed by atoms with Crippen molar-refractivity contribution in [1.82, 2.24) is 10.1 Å². The fraction of sp³-hybridized carbons (Fsp3) is 0.348. The predicted molar refractivity (Wildman–Crippen MR) is 114 cm³/mol. The number of fused-ring (bicyclic) bond motifs is 1. The summed E-state index contributed by atoms with van der Waals surface area (Å²) in [5.41, 5.74) is 3.22. The Balaban J connectivity index is 1.22. The minimum absolute atomic E-state index is 0.0383. The van der Waals surface area contributed by atoms with Crippen LogP contribution in [0.5, 0.6) is 5.75 Å². The van der Waals surface area contributed by atoms with Gasteiger partial charge in [-0.3, -0.25) is 4.79 Å². The third-order valence-electron chi connectivity index (χ3n) is 6.03. The second-order valence-electron chi connectivity index (χ2n) is 7.76. The van der Waals surface area contributed by atoms with Crippen molar-refractivity contribution in [3.8, 4) is 17.1 Å². The van der Waals surface area contributed by atoms with Crippen molar-refractivity contribution >= 4 is 17.6 Å². The van der Waals surface area contributed by atoms with E-state index in [9.17, 15) is 4.79 Å². The lowest BCUT2D eigenvalue weighted by Gasteiger charge is -2.32. The zero-order valence-corrected chi connectivity index (χ0v) is 17.0. The van der Waals surface area contributed by atoms with Gasteiger partial charge in [-0.15, -0.1) is 0 Å². The van der Waals surface area contributed by atoms with E-state index in [1.54, 1.807) is 7.11 Å². The number of methoxy groups -OCH3 is 1. The first-order chi connectivity index (χ1) is 14.7. The summed E-state index contributed by atoms with van der Waals surface area (Å²) < 4.78 is 10.7. The SMILES string of the molecule is COc1ccc(-c2noc(N3CCC(C(=O)N4CCc5ccccc54)CC3)n2)cc1. The van der Waals surface area contributed by atoms with E-state index in [-0.39, 0.29) is 11.8 Å². The van der Waals surface area contributed by atoms with Crippen molar-refractivity contribution in [2.24, 2.45) is 5.92 Å². The highest BCUT2D eigenvalue weighted by Gasteiger charge is 2.33. The van der Waals surface area contributed by atoms with Crippen molar-refractivity contribution in [1.29, 1.82) is 0 Å². The number of aromatic nitrogens is 2. The normalized spacial score (nSPS) is 16.6. The number of hydrogen-bond donors (Lipinski definition) is 0. The lowest BCUT2D eigenvalue weighted by Crippen LogP contribution is -2.42. The van der Waals surface area contributed by atoms with E-state index < -0.39 is 0 Å². The summed E-state index contributed by atoms with van der Waals surface area (Å²) in [6.45, 7) is 2.25. The molecule has 0 atom stereocenters. The molecule has 1 aromatic heterocycles. The zero-order chi connectivity index (χ0) is 20.5. The summed E-state index contributed by atoms with van der Waals surface area (Å²) in [4.78, 5) is 21.7. The van der Waals surface area contributed by atoms with Crippen LogP contribution in [0.1, 0.15) is 18.4 Å². The molecule has 7 nitrogen and oxygen atoms in total. The summed E-state index contributed by atoms with van der Waals surface area (Å²) in [6.07, 6.45) is 2.52. The number of amides is 1. The molecule has 7 heteroatoms. The zero-order valence-electron chi connectivity index (χ0n) is 17.0. The molecule has 1 amide bonds. The van der Waals surface area contributed by atoms with Gasteiger partial charge < -0.3 is 19.1 Å². The smallest absolute Gasteiger partial charge is 0.324 e. The molecule has 3 heterocycles. The monoisotopic (exact) mass is 404 g/mol. The maximum absolute atomic E-state index is 13.1. The maximum Gasteiger partial charge on any atom is 0.324 e.